The molecule has 2 N–H and O–H groups in total. The van der Waals surface area contributed by atoms with Gasteiger partial charge in [0.1, 0.15) is 5.60 Å². The molecule has 1 amide bonds. The molecule has 4 nitrogen and oxygen atoms in total. The number of rotatable bonds is 4. The molecule has 0 aliphatic carbocycles. The van der Waals surface area contributed by atoms with E-state index in [2.05, 4.69) is 0 Å². The molecule has 0 radical (unpaired) electrons. The summed E-state index contributed by atoms with van der Waals surface area (Å²) in [6, 6.07) is 0.0733. The van der Waals surface area contributed by atoms with E-state index in [9.17, 15) is 4.79 Å². The first kappa shape index (κ1) is 15.2. The van der Waals surface area contributed by atoms with E-state index in [1.54, 1.807) is 4.90 Å². The highest BCUT2D eigenvalue weighted by Gasteiger charge is 2.23. The van der Waals surface area contributed by atoms with E-state index in [1.807, 2.05) is 34.6 Å². The smallest absolute Gasteiger partial charge is 0.410 e. The quantitative estimate of drug-likeness (QED) is 0.773. The SMILES string of the molecule is CC(C)N(CCC(N)=S)C(=O)OC(C)(C)C. The van der Waals surface area contributed by atoms with Crippen LogP contribution in [0.1, 0.15) is 41.0 Å². The Morgan fingerprint density at radius 3 is 2.25 bits per heavy atom. The molecule has 0 unspecified atom stereocenters. The van der Waals surface area contributed by atoms with Crippen LogP contribution in [-0.2, 0) is 4.74 Å². The molecule has 0 bridgehead atoms. The van der Waals surface area contributed by atoms with Gasteiger partial charge in [0.15, 0.2) is 0 Å². The molecule has 94 valence electrons. The molecule has 0 saturated carbocycles. The van der Waals surface area contributed by atoms with Crippen molar-refractivity contribution in [2.24, 2.45) is 5.73 Å². The van der Waals surface area contributed by atoms with E-state index < -0.39 is 5.60 Å². The summed E-state index contributed by atoms with van der Waals surface area (Å²) in [5.74, 6) is 0. The zero-order chi connectivity index (χ0) is 12.9. The van der Waals surface area contributed by atoms with Crippen LogP contribution in [0.3, 0.4) is 0 Å². The second kappa shape index (κ2) is 6.03. The molecule has 0 atom stereocenters. The number of ether oxygens (including phenoxy) is 1. The standard InChI is InChI=1S/C11H22N2O2S/c1-8(2)13(7-6-9(12)16)10(14)15-11(3,4)5/h8H,6-7H2,1-5H3,(H2,12,16). The molecule has 0 heterocycles. The van der Waals surface area contributed by atoms with E-state index in [4.69, 9.17) is 22.7 Å². The lowest BCUT2D eigenvalue weighted by atomic mass is 10.2. The molecule has 0 spiro atoms. The lowest BCUT2D eigenvalue weighted by Crippen LogP contribution is -2.42. The lowest BCUT2D eigenvalue weighted by Gasteiger charge is -2.30. The lowest BCUT2D eigenvalue weighted by molar-refractivity contribution is 0.0197. The molecule has 0 aliphatic rings. The molecular formula is C11H22N2O2S. The monoisotopic (exact) mass is 246 g/mol. The number of hydrogen-bond donors (Lipinski definition) is 1. The molecule has 0 aromatic carbocycles. The minimum absolute atomic E-state index is 0.0733. The fourth-order valence-corrected chi connectivity index (χ4v) is 1.20. The van der Waals surface area contributed by atoms with Crippen LogP contribution >= 0.6 is 12.2 Å². The van der Waals surface area contributed by atoms with Crippen molar-refractivity contribution in [3.63, 3.8) is 0 Å². The number of amides is 1. The van der Waals surface area contributed by atoms with E-state index in [0.29, 0.717) is 18.0 Å². The molecule has 0 aliphatic heterocycles. The minimum atomic E-state index is -0.479. The third kappa shape index (κ3) is 6.61. The van der Waals surface area contributed by atoms with Crippen molar-refractivity contribution in [1.82, 2.24) is 4.90 Å². The first-order chi connectivity index (χ1) is 7.13. The number of hydrogen-bond acceptors (Lipinski definition) is 3. The van der Waals surface area contributed by atoms with Gasteiger partial charge in [-0.2, -0.15) is 0 Å². The van der Waals surface area contributed by atoms with Crippen LogP contribution in [0.25, 0.3) is 0 Å². The normalized spacial score (nSPS) is 11.4. The summed E-state index contributed by atoms with van der Waals surface area (Å²) in [5.41, 5.74) is 4.94. The van der Waals surface area contributed by atoms with Crippen molar-refractivity contribution in [2.75, 3.05) is 6.54 Å². The van der Waals surface area contributed by atoms with Gasteiger partial charge >= 0.3 is 6.09 Å². The minimum Gasteiger partial charge on any atom is -0.444 e. The number of carbonyl (C=O) groups is 1. The van der Waals surface area contributed by atoms with Crippen molar-refractivity contribution < 1.29 is 9.53 Å². The molecule has 0 aromatic rings. The Balaban J connectivity index is 4.42. The van der Waals surface area contributed by atoms with E-state index in [0.717, 1.165) is 0 Å². The predicted molar refractivity (Wildman–Crippen MR) is 69.5 cm³/mol. The van der Waals surface area contributed by atoms with Crippen LogP contribution in [0.2, 0.25) is 0 Å². The van der Waals surface area contributed by atoms with Crippen LogP contribution in [-0.4, -0.2) is 34.2 Å². The Bertz CT molecular complexity index is 259. The van der Waals surface area contributed by atoms with Crippen LogP contribution in [0.5, 0.6) is 0 Å². The van der Waals surface area contributed by atoms with Gasteiger partial charge in [-0.25, -0.2) is 4.79 Å². The van der Waals surface area contributed by atoms with Crippen molar-refractivity contribution in [3.8, 4) is 0 Å². The maximum atomic E-state index is 11.8. The summed E-state index contributed by atoms with van der Waals surface area (Å²) in [5, 5.41) is 0. The second-order valence-corrected chi connectivity index (χ2v) is 5.51. The first-order valence-electron chi connectivity index (χ1n) is 5.41. The number of carbonyl (C=O) groups excluding carboxylic acids is 1. The van der Waals surface area contributed by atoms with Gasteiger partial charge in [-0.15, -0.1) is 0 Å². The summed E-state index contributed by atoms with van der Waals surface area (Å²) in [4.78, 5) is 13.9. The van der Waals surface area contributed by atoms with Gasteiger partial charge < -0.3 is 15.4 Å². The highest BCUT2D eigenvalue weighted by molar-refractivity contribution is 7.80. The van der Waals surface area contributed by atoms with Crippen LogP contribution in [0, 0.1) is 0 Å². The Kier molecular flexibility index (Phi) is 5.72. The van der Waals surface area contributed by atoms with E-state index in [1.165, 1.54) is 0 Å². The molecule has 0 saturated heterocycles. The van der Waals surface area contributed by atoms with Gasteiger partial charge in [0.2, 0.25) is 0 Å². The summed E-state index contributed by atoms with van der Waals surface area (Å²) in [6.45, 7) is 9.90. The maximum Gasteiger partial charge on any atom is 0.410 e. The number of thiocarbonyl (C=S) groups is 1. The third-order valence-corrected chi connectivity index (χ3v) is 2.05. The van der Waals surface area contributed by atoms with Gasteiger partial charge in [0, 0.05) is 19.0 Å². The predicted octanol–water partition coefficient (Wildman–Crippen LogP) is 2.31. The van der Waals surface area contributed by atoms with Crippen molar-refractivity contribution >= 4 is 23.3 Å². The van der Waals surface area contributed by atoms with Crippen LogP contribution in [0.4, 0.5) is 4.79 Å². The van der Waals surface area contributed by atoms with Gasteiger partial charge in [-0.05, 0) is 34.6 Å². The van der Waals surface area contributed by atoms with Crippen molar-refractivity contribution in [1.29, 1.82) is 0 Å². The van der Waals surface area contributed by atoms with E-state index in [-0.39, 0.29) is 12.1 Å². The molecule has 16 heavy (non-hydrogen) atoms. The highest BCUT2D eigenvalue weighted by atomic mass is 32.1. The molecular weight excluding hydrogens is 224 g/mol. The average molecular weight is 246 g/mol. The zero-order valence-electron chi connectivity index (χ0n) is 10.7. The largest absolute Gasteiger partial charge is 0.444 e. The first-order valence-corrected chi connectivity index (χ1v) is 5.82. The van der Waals surface area contributed by atoms with Gasteiger partial charge in [0.05, 0.1) is 4.99 Å². The Morgan fingerprint density at radius 2 is 1.94 bits per heavy atom. The number of nitrogens with two attached hydrogens (primary N) is 1. The fraction of sp³-hybridized carbons (Fsp3) is 0.818. The number of nitrogens with zero attached hydrogens (tertiary/aromatic N) is 1. The van der Waals surface area contributed by atoms with Crippen LogP contribution in [0.15, 0.2) is 0 Å². The zero-order valence-corrected chi connectivity index (χ0v) is 11.6. The van der Waals surface area contributed by atoms with Crippen LogP contribution < -0.4 is 5.73 Å². The third-order valence-electron chi connectivity index (χ3n) is 1.85. The summed E-state index contributed by atoms with van der Waals surface area (Å²) < 4.78 is 5.30. The Labute approximate surface area is 103 Å². The molecule has 0 rings (SSSR count). The Morgan fingerprint density at radius 1 is 1.44 bits per heavy atom. The molecule has 0 fully saturated rings. The van der Waals surface area contributed by atoms with Gasteiger partial charge in [-0.1, -0.05) is 12.2 Å². The maximum absolute atomic E-state index is 11.8. The van der Waals surface area contributed by atoms with Crippen molar-refractivity contribution in [2.45, 2.75) is 52.7 Å². The Hall–Kier alpha value is -0.840. The second-order valence-electron chi connectivity index (χ2n) is 4.98. The summed E-state index contributed by atoms with van der Waals surface area (Å²) in [7, 11) is 0. The molecule has 0 aromatic heterocycles. The highest BCUT2D eigenvalue weighted by Crippen LogP contribution is 2.12. The fourth-order valence-electron chi connectivity index (χ4n) is 1.11. The van der Waals surface area contributed by atoms with Gasteiger partial charge in [0.25, 0.3) is 0 Å². The summed E-state index contributed by atoms with van der Waals surface area (Å²) in [6.07, 6.45) is 0.200. The summed E-state index contributed by atoms with van der Waals surface area (Å²) >= 11 is 4.80. The van der Waals surface area contributed by atoms with Crippen molar-refractivity contribution in [3.05, 3.63) is 0 Å². The molecule has 5 heteroatoms. The topological polar surface area (TPSA) is 55.6 Å². The van der Waals surface area contributed by atoms with Gasteiger partial charge in [-0.3, -0.25) is 0 Å². The van der Waals surface area contributed by atoms with E-state index >= 15 is 0 Å². The average Bonchev–Trinajstić information content (AvgIpc) is 1.98.